The minimum Gasteiger partial charge on any atom is -0.484 e. The Balaban J connectivity index is 1.89. The molecule has 1 aliphatic rings. The molecule has 0 radical (unpaired) electrons. The molecule has 0 aromatic carbocycles. The summed E-state index contributed by atoms with van der Waals surface area (Å²) in [7, 11) is 0. The zero-order chi connectivity index (χ0) is 14.5. The van der Waals surface area contributed by atoms with Crippen LogP contribution in [0.2, 0.25) is 0 Å². The Morgan fingerprint density at radius 3 is 2.65 bits per heavy atom. The van der Waals surface area contributed by atoms with Crippen LogP contribution in [0.5, 0.6) is 5.75 Å². The van der Waals surface area contributed by atoms with Gasteiger partial charge in [-0.25, -0.2) is 0 Å². The van der Waals surface area contributed by atoms with E-state index in [1.807, 2.05) is 13.8 Å². The summed E-state index contributed by atoms with van der Waals surface area (Å²) in [5.74, 6) is 1.19. The first-order valence-electron chi connectivity index (χ1n) is 7.47. The minimum absolute atomic E-state index is 0.105. The molecule has 1 aromatic heterocycles. The Hall–Kier alpha value is -1.01. The quantitative estimate of drug-likeness (QED) is 0.845. The molecule has 1 aliphatic heterocycles. The van der Waals surface area contributed by atoms with E-state index in [9.17, 15) is 0 Å². The lowest BCUT2D eigenvalue weighted by Gasteiger charge is -2.32. The number of aromatic nitrogens is 1. The molecule has 0 amide bonds. The minimum atomic E-state index is 0.105. The van der Waals surface area contributed by atoms with Gasteiger partial charge in [0.05, 0.1) is 6.10 Å². The maximum absolute atomic E-state index is 5.86. The first-order chi connectivity index (χ1) is 9.58. The molecule has 2 rings (SSSR count). The van der Waals surface area contributed by atoms with Crippen LogP contribution in [0.4, 0.5) is 10.8 Å². The highest BCUT2D eigenvalue weighted by atomic mass is 32.1. The van der Waals surface area contributed by atoms with Crippen LogP contribution in [0.3, 0.4) is 0 Å². The molecule has 1 unspecified atom stereocenters. The molecule has 1 aromatic rings. The van der Waals surface area contributed by atoms with Gasteiger partial charge in [0.25, 0.3) is 0 Å². The van der Waals surface area contributed by atoms with E-state index in [-0.39, 0.29) is 6.10 Å². The molecular formula is C14H26N4OS. The van der Waals surface area contributed by atoms with Crippen LogP contribution in [0, 0.1) is 0 Å². The number of nitrogen functional groups attached to an aromatic ring is 1. The van der Waals surface area contributed by atoms with E-state index in [1.165, 1.54) is 43.9 Å². The molecule has 0 spiro atoms. The van der Waals surface area contributed by atoms with Crippen molar-refractivity contribution in [3.8, 4) is 5.75 Å². The van der Waals surface area contributed by atoms with E-state index in [0.717, 1.165) is 11.5 Å². The number of hydrogen-bond donors (Lipinski definition) is 2. The van der Waals surface area contributed by atoms with Crippen LogP contribution in [-0.2, 0) is 0 Å². The van der Waals surface area contributed by atoms with Gasteiger partial charge in [0.2, 0.25) is 0 Å². The first kappa shape index (κ1) is 15.4. The molecule has 5 nitrogen and oxygen atoms in total. The Kier molecular flexibility index (Phi) is 5.48. The number of nitrogens with two attached hydrogens (primary N) is 1. The standard InChI is InChI=1S/C14H26N4OS/c1-10(2)19-12-13(15)17-20-14(12)16-9-11(3)18-7-5-4-6-8-18/h10-11,16H,4-9H2,1-3H3,(H2,15,17). The molecule has 1 fully saturated rings. The Morgan fingerprint density at radius 2 is 2.00 bits per heavy atom. The molecule has 114 valence electrons. The van der Waals surface area contributed by atoms with E-state index in [2.05, 4.69) is 21.5 Å². The normalized spacial score (nSPS) is 18.2. The number of piperidine rings is 1. The summed E-state index contributed by atoms with van der Waals surface area (Å²) in [6.45, 7) is 9.59. The van der Waals surface area contributed by atoms with Gasteiger partial charge in [-0.3, -0.25) is 4.90 Å². The topological polar surface area (TPSA) is 63.4 Å². The number of nitrogens with zero attached hydrogens (tertiary/aromatic N) is 2. The van der Waals surface area contributed by atoms with E-state index in [1.54, 1.807) is 0 Å². The van der Waals surface area contributed by atoms with Gasteiger partial charge < -0.3 is 15.8 Å². The summed E-state index contributed by atoms with van der Waals surface area (Å²) in [5, 5.41) is 4.39. The van der Waals surface area contributed by atoms with Crippen molar-refractivity contribution in [3.63, 3.8) is 0 Å². The van der Waals surface area contributed by atoms with Crippen molar-refractivity contribution < 1.29 is 4.74 Å². The van der Waals surface area contributed by atoms with Crippen molar-refractivity contribution in [2.45, 2.75) is 52.2 Å². The van der Waals surface area contributed by atoms with Gasteiger partial charge in [-0.05, 0) is 58.2 Å². The predicted octanol–water partition coefficient (Wildman–Crippen LogP) is 2.80. The molecule has 6 heteroatoms. The number of hydrogen-bond acceptors (Lipinski definition) is 6. The molecule has 20 heavy (non-hydrogen) atoms. The summed E-state index contributed by atoms with van der Waals surface area (Å²) in [6.07, 6.45) is 4.11. The Labute approximate surface area is 125 Å². The monoisotopic (exact) mass is 298 g/mol. The SMILES string of the molecule is CC(C)Oc1c(N)nsc1NCC(C)N1CCCCC1. The van der Waals surface area contributed by atoms with Crippen LogP contribution in [0.15, 0.2) is 0 Å². The second-order valence-electron chi connectivity index (χ2n) is 5.72. The molecule has 1 saturated heterocycles. The fourth-order valence-electron chi connectivity index (χ4n) is 2.48. The second-order valence-corrected chi connectivity index (χ2v) is 6.49. The third-order valence-corrected chi connectivity index (χ3v) is 4.40. The van der Waals surface area contributed by atoms with Gasteiger partial charge in [0, 0.05) is 12.6 Å². The summed E-state index contributed by atoms with van der Waals surface area (Å²) in [6, 6.07) is 0.519. The van der Waals surface area contributed by atoms with Crippen molar-refractivity contribution in [3.05, 3.63) is 0 Å². The number of rotatable bonds is 6. The zero-order valence-electron chi connectivity index (χ0n) is 12.7. The molecule has 2 heterocycles. The van der Waals surface area contributed by atoms with Gasteiger partial charge in [-0.15, -0.1) is 0 Å². The van der Waals surface area contributed by atoms with Gasteiger partial charge >= 0.3 is 0 Å². The van der Waals surface area contributed by atoms with E-state index in [0.29, 0.717) is 17.6 Å². The van der Waals surface area contributed by atoms with E-state index >= 15 is 0 Å². The summed E-state index contributed by atoms with van der Waals surface area (Å²) in [5.41, 5.74) is 5.86. The molecule has 0 bridgehead atoms. The van der Waals surface area contributed by atoms with Crippen molar-refractivity contribution >= 4 is 22.4 Å². The number of likely N-dealkylation sites (tertiary alicyclic amines) is 1. The summed E-state index contributed by atoms with van der Waals surface area (Å²) >= 11 is 1.38. The molecule has 1 atom stereocenters. The zero-order valence-corrected chi connectivity index (χ0v) is 13.5. The Bertz CT molecular complexity index is 415. The lowest BCUT2D eigenvalue weighted by atomic mass is 10.1. The average Bonchev–Trinajstić information content (AvgIpc) is 2.78. The van der Waals surface area contributed by atoms with Crippen molar-refractivity contribution in [2.24, 2.45) is 0 Å². The third kappa shape index (κ3) is 3.99. The highest BCUT2D eigenvalue weighted by molar-refractivity contribution is 7.11. The number of anilines is 2. The van der Waals surface area contributed by atoms with Gasteiger partial charge in [-0.2, -0.15) is 4.37 Å². The molecule has 3 N–H and O–H groups in total. The lowest BCUT2D eigenvalue weighted by Crippen LogP contribution is -2.41. The maximum atomic E-state index is 5.86. The van der Waals surface area contributed by atoms with E-state index in [4.69, 9.17) is 10.5 Å². The highest BCUT2D eigenvalue weighted by Crippen LogP contribution is 2.35. The van der Waals surface area contributed by atoms with Crippen LogP contribution in [-0.4, -0.2) is 41.1 Å². The smallest absolute Gasteiger partial charge is 0.197 e. The van der Waals surface area contributed by atoms with Gasteiger partial charge in [-0.1, -0.05) is 6.42 Å². The Morgan fingerprint density at radius 1 is 1.30 bits per heavy atom. The number of nitrogens with one attached hydrogen (secondary N) is 1. The average molecular weight is 298 g/mol. The third-order valence-electron chi connectivity index (χ3n) is 3.60. The molecular weight excluding hydrogens is 272 g/mol. The van der Waals surface area contributed by atoms with Crippen LogP contribution >= 0.6 is 11.5 Å². The van der Waals surface area contributed by atoms with E-state index < -0.39 is 0 Å². The van der Waals surface area contributed by atoms with Crippen molar-refractivity contribution in [1.82, 2.24) is 9.27 Å². The summed E-state index contributed by atoms with van der Waals surface area (Å²) < 4.78 is 9.92. The van der Waals surface area contributed by atoms with Crippen LogP contribution in [0.1, 0.15) is 40.0 Å². The predicted molar refractivity (Wildman–Crippen MR) is 85.7 cm³/mol. The van der Waals surface area contributed by atoms with Gasteiger partial charge in [0.1, 0.15) is 0 Å². The maximum Gasteiger partial charge on any atom is 0.197 e. The molecule has 0 saturated carbocycles. The van der Waals surface area contributed by atoms with Gasteiger partial charge in [0.15, 0.2) is 16.6 Å². The van der Waals surface area contributed by atoms with Crippen molar-refractivity contribution in [2.75, 3.05) is 30.7 Å². The van der Waals surface area contributed by atoms with Crippen molar-refractivity contribution in [1.29, 1.82) is 0 Å². The summed E-state index contributed by atoms with van der Waals surface area (Å²) in [4.78, 5) is 2.55. The lowest BCUT2D eigenvalue weighted by molar-refractivity contribution is 0.180. The first-order valence-corrected chi connectivity index (χ1v) is 8.25. The second kappa shape index (κ2) is 7.13. The fraction of sp³-hybridized carbons (Fsp3) is 0.786. The van der Waals surface area contributed by atoms with Crippen LogP contribution in [0.25, 0.3) is 0 Å². The fourth-order valence-corrected chi connectivity index (χ4v) is 3.14. The van der Waals surface area contributed by atoms with Crippen LogP contribution < -0.4 is 15.8 Å². The highest BCUT2D eigenvalue weighted by Gasteiger charge is 2.19. The number of ether oxygens (including phenoxy) is 1. The largest absolute Gasteiger partial charge is 0.484 e. The molecule has 0 aliphatic carbocycles.